The molecule has 0 aromatic rings. The lowest BCUT2D eigenvalue weighted by molar-refractivity contribution is -0.0576. The molecule has 4 atom stereocenters. The molecule has 1 aliphatic heterocycles. The van der Waals surface area contributed by atoms with Crippen LogP contribution in [-0.2, 0) is 0 Å². The molecule has 3 N–H and O–H groups in total. The van der Waals surface area contributed by atoms with Gasteiger partial charge >= 0.3 is 0 Å². The van der Waals surface area contributed by atoms with Crippen molar-refractivity contribution in [1.29, 1.82) is 0 Å². The molecule has 3 unspecified atom stereocenters. The van der Waals surface area contributed by atoms with Gasteiger partial charge in [0.15, 0.2) is 0 Å². The predicted molar refractivity (Wildman–Crippen MR) is 50.8 cm³/mol. The Bertz CT molecular complexity index is 150. The average Bonchev–Trinajstić information content (AvgIpc) is 2.08. The number of piperidine rings is 1. The number of aliphatic hydroxyl groups is 2. The van der Waals surface area contributed by atoms with Crippen molar-refractivity contribution >= 4 is 12.4 Å². The standard InChI is InChI=1S/C8H16FNO2.ClH/c1-2-6(9)5-3-10-4-7(11)8(5)12;/h5-8,10-12H,2-4H2,1H3;1H/t5?,6-,7?,8?;/m1./s1. The molecule has 0 saturated carbocycles. The first-order valence-corrected chi connectivity index (χ1v) is 4.37. The summed E-state index contributed by atoms with van der Waals surface area (Å²) in [5, 5.41) is 21.5. The van der Waals surface area contributed by atoms with Crippen molar-refractivity contribution in [2.45, 2.75) is 31.7 Å². The second-order valence-electron chi connectivity index (χ2n) is 3.30. The quantitative estimate of drug-likeness (QED) is 0.610. The summed E-state index contributed by atoms with van der Waals surface area (Å²) in [6.07, 6.45) is -2.38. The number of hydrogen-bond donors (Lipinski definition) is 3. The van der Waals surface area contributed by atoms with Gasteiger partial charge in [0.05, 0.1) is 12.2 Å². The third-order valence-electron chi connectivity index (χ3n) is 2.42. The van der Waals surface area contributed by atoms with Crippen molar-refractivity contribution in [2.75, 3.05) is 13.1 Å². The van der Waals surface area contributed by atoms with Gasteiger partial charge in [-0.1, -0.05) is 6.92 Å². The van der Waals surface area contributed by atoms with Gasteiger partial charge in [-0.15, -0.1) is 12.4 Å². The molecule has 3 nitrogen and oxygen atoms in total. The minimum absolute atomic E-state index is 0. The highest BCUT2D eigenvalue weighted by atomic mass is 35.5. The van der Waals surface area contributed by atoms with Crippen molar-refractivity contribution in [3.63, 3.8) is 0 Å². The SMILES string of the molecule is CC[C@@H](F)C1CNCC(O)C1O.Cl. The Kier molecular flexibility index (Phi) is 5.80. The smallest absolute Gasteiger partial charge is 0.106 e. The molecule has 0 amide bonds. The number of nitrogens with one attached hydrogen (secondary N) is 1. The first kappa shape index (κ1) is 13.1. The molecule has 0 spiro atoms. The minimum Gasteiger partial charge on any atom is -0.390 e. The van der Waals surface area contributed by atoms with Gasteiger partial charge < -0.3 is 15.5 Å². The number of rotatable bonds is 2. The number of alkyl halides is 1. The summed E-state index contributed by atoms with van der Waals surface area (Å²) < 4.78 is 13.1. The maximum Gasteiger partial charge on any atom is 0.106 e. The van der Waals surface area contributed by atoms with Crippen molar-refractivity contribution in [3.8, 4) is 0 Å². The maximum atomic E-state index is 13.1. The third kappa shape index (κ3) is 3.06. The van der Waals surface area contributed by atoms with Crippen LogP contribution in [0.15, 0.2) is 0 Å². The van der Waals surface area contributed by atoms with Crippen LogP contribution in [0.4, 0.5) is 4.39 Å². The second kappa shape index (κ2) is 5.75. The maximum absolute atomic E-state index is 13.1. The highest BCUT2D eigenvalue weighted by Gasteiger charge is 2.34. The molecule has 5 heteroatoms. The second-order valence-corrected chi connectivity index (χ2v) is 3.30. The van der Waals surface area contributed by atoms with Crippen LogP contribution < -0.4 is 5.32 Å². The molecule has 0 radical (unpaired) electrons. The molecule has 1 saturated heterocycles. The lowest BCUT2D eigenvalue weighted by atomic mass is 9.89. The van der Waals surface area contributed by atoms with Gasteiger partial charge in [-0.05, 0) is 6.42 Å². The molecule has 1 heterocycles. The van der Waals surface area contributed by atoms with E-state index in [0.717, 1.165) is 0 Å². The van der Waals surface area contributed by atoms with Crippen LogP contribution in [0.3, 0.4) is 0 Å². The largest absolute Gasteiger partial charge is 0.390 e. The summed E-state index contributed by atoms with van der Waals surface area (Å²) in [7, 11) is 0. The Morgan fingerprint density at radius 2 is 2.08 bits per heavy atom. The van der Waals surface area contributed by atoms with Crippen LogP contribution in [0.25, 0.3) is 0 Å². The zero-order valence-corrected chi connectivity index (χ0v) is 8.43. The molecule has 0 aromatic carbocycles. The molecule has 0 bridgehead atoms. The van der Waals surface area contributed by atoms with E-state index in [2.05, 4.69) is 5.32 Å². The highest BCUT2D eigenvalue weighted by molar-refractivity contribution is 5.85. The molecule has 0 aliphatic carbocycles. The fourth-order valence-electron chi connectivity index (χ4n) is 1.57. The van der Waals surface area contributed by atoms with Gasteiger partial charge in [0, 0.05) is 19.0 Å². The Morgan fingerprint density at radius 3 is 2.62 bits per heavy atom. The molecule has 80 valence electrons. The summed E-state index contributed by atoms with van der Waals surface area (Å²) >= 11 is 0. The lowest BCUT2D eigenvalue weighted by Gasteiger charge is -2.34. The van der Waals surface area contributed by atoms with Gasteiger partial charge in [0.2, 0.25) is 0 Å². The van der Waals surface area contributed by atoms with Gasteiger partial charge in [0.25, 0.3) is 0 Å². The van der Waals surface area contributed by atoms with Gasteiger partial charge in [-0.25, -0.2) is 4.39 Å². The fourth-order valence-corrected chi connectivity index (χ4v) is 1.57. The number of β-amino-alcohol motifs (C(OH)–C–C–N with tert-alkyl or cyclic N) is 1. The summed E-state index contributed by atoms with van der Waals surface area (Å²) in [6.45, 7) is 2.54. The van der Waals surface area contributed by atoms with E-state index in [9.17, 15) is 14.6 Å². The Balaban J connectivity index is 0.00000144. The summed E-state index contributed by atoms with van der Waals surface area (Å²) in [4.78, 5) is 0. The van der Waals surface area contributed by atoms with E-state index in [0.29, 0.717) is 19.5 Å². The van der Waals surface area contributed by atoms with Crippen molar-refractivity contribution in [1.82, 2.24) is 5.32 Å². The molecular formula is C8H17ClFNO2. The Morgan fingerprint density at radius 1 is 1.46 bits per heavy atom. The zero-order valence-electron chi connectivity index (χ0n) is 7.61. The summed E-state index contributed by atoms with van der Waals surface area (Å²) in [5.74, 6) is -0.459. The van der Waals surface area contributed by atoms with E-state index in [1.807, 2.05) is 0 Å². The molecule has 13 heavy (non-hydrogen) atoms. The van der Waals surface area contributed by atoms with E-state index in [-0.39, 0.29) is 12.4 Å². The number of hydrogen-bond acceptors (Lipinski definition) is 3. The van der Waals surface area contributed by atoms with Gasteiger partial charge in [-0.3, -0.25) is 0 Å². The molecule has 0 aromatic heterocycles. The molecule has 1 rings (SSSR count). The summed E-state index contributed by atoms with van der Waals surface area (Å²) in [5.41, 5.74) is 0. The van der Waals surface area contributed by atoms with Crippen LogP contribution in [0.5, 0.6) is 0 Å². The lowest BCUT2D eigenvalue weighted by Crippen LogP contribution is -2.53. The van der Waals surface area contributed by atoms with E-state index in [4.69, 9.17) is 0 Å². The summed E-state index contributed by atoms with van der Waals surface area (Å²) in [6, 6.07) is 0. The molecule has 1 aliphatic rings. The number of aliphatic hydroxyl groups excluding tert-OH is 2. The van der Waals surface area contributed by atoms with Crippen LogP contribution in [-0.4, -0.2) is 41.7 Å². The first-order valence-electron chi connectivity index (χ1n) is 4.37. The monoisotopic (exact) mass is 213 g/mol. The predicted octanol–water partition coefficient (Wildman–Crippen LogP) is 0.0975. The van der Waals surface area contributed by atoms with Crippen molar-refractivity contribution < 1.29 is 14.6 Å². The first-order chi connectivity index (χ1) is 5.66. The van der Waals surface area contributed by atoms with Crippen LogP contribution in [0.2, 0.25) is 0 Å². The zero-order chi connectivity index (χ0) is 9.14. The van der Waals surface area contributed by atoms with Crippen LogP contribution in [0, 0.1) is 5.92 Å². The number of halogens is 2. The van der Waals surface area contributed by atoms with Crippen LogP contribution in [0.1, 0.15) is 13.3 Å². The van der Waals surface area contributed by atoms with Gasteiger partial charge in [-0.2, -0.15) is 0 Å². The van der Waals surface area contributed by atoms with Crippen LogP contribution >= 0.6 is 12.4 Å². The van der Waals surface area contributed by atoms with E-state index in [1.54, 1.807) is 6.92 Å². The highest BCUT2D eigenvalue weighted by Crippen LogP contribution is 2.20. The van der Waals surface area contributed by atoms with Gasteiger partial charge in [0.1, 0.15) is 6.17 Å². The normalized spacial score (nSPS) is 36.5. The topological polar surface area (TPSA) is 52.5 Å². The van der Waals surface area contributed by atoms with Crippen molar-refractivity contribution in [3.05, 3.63) is 0 Å². The van der Waals surface area contributed by atoms with Crippen molar-refractivity contribution in [2.24, 2.45) is 5.92 Å². The Labute approximate surface area is 83.7 Å². The van der Waals surface area contributed by atoms with E-state index < -0.39 is 24.3 Å². The Hall–Kier alpha value is 0.1000. The average molecular weight is 214 g/mol. The molecular weight excluding hydrogens is 197 g/mol. The minimum atomic E-state index is -1.03. The van der Waals surface area contributed by atoms with E-state index in [1.165, 1.54) is 0 Å². The fraction of sp³-hybridized carbons (Fsp3) is 1.00. The van der Waals surface area contributed by atoms with E-state index >= 15 is 0 Å². The third-order valence-corrected chi connectivity index (χ3v) is 2.42. The molecule has 1 fully saturated rings.